The Bertz CT molecular complexity index is 412. The Morgan fingerprint density at radius 1 is 1.20 bits per heavy atom. The van der Waals surface area contributed by atoms with Crippen LogP contribution in [0.3, 0.4) is 0 Å². The zero-order valence-electron chi connectivity index (χ0n) is 13.1. The maximum atomic E-state index is 4.63. The van der Waals surface area contributed by atoms with E-state index in [2.05, 4.69) is 34.2 Å². The topological polar surface area (TPSA) is 44.3 Å². The Hall–Kier alpha value is -1.36. The normalized spacial score (nSPS) is 22.6. The van der Waals surface area contributed by atoms with Crippen LogP contribution in [-0.4, -0.2) is 49.7 Å². The predicted molar refractivity (Wildman–Crippen MR) is 84.5 cm³/mol. The first kappa shape index (κ1) is 15.0. The second-order valence-electron chi connectivity index (χ2n) is 5.78. The Kier molecular flexibility index (Phi) is 5.17. The molecule has 5 nitrogen and oxygen atoms in total. The van der Waals surface area contributed by atoms with Gasteiger partial charge in [0.25, 0.3) is 0 Å². The van der Waals surface area contributed by atoms with E-state index < -0.39 is 0 Å². The van der Waals surface area contributed by atoms with Crippen molar-refractivity contribution in [1.29, 1.82) is 0 Å². The molecule has 112 valence electrons. The number of hydrogen-bond acceptors (Lipinski definition) is 5. The van der Waals surface area contributed by atoms with Gasteiger partial charge < -0.3 is 15.1 Å². The number of nitrogens with zero attached hydrogens (tertiary/aromatic N) is 4. The van der Waals surface area contributed by atoms with Crippen molar-refractivity contribution in [2.45, 2.75) is 44.7 Å². The first-order chi connectivity index (χ1) is 9.61. The molecule has 1 heterocycles. The molecule has 1 aromatic rings. The lowest BCUT2D eigenvalue weighted by atomic mass is 9.90. The van der Waals surface area contributed by atoms with Crippen molar-refractivity contribution in [2.24, 2.45) is 0 Å². The van der Waals surface area contributed by atoms with Crippen LogP contribution >= 0.6 is 0 Å². The Morgan fingerprint density at radius 3 is 2.50 bits per heavy atom. The highest BCUT2D eigenvalue weighted by atomic mass is 15.3. The smallest absolute Gasteiger partial charge is 0.226 e. The lowest BCUT2D eigenvalue weighted by Gasteiger charge is -2.35. The fraction of sp³-hybridized carbons (Fsp3) is 0.733. The minimum Gasteiger partial charge on any atom is -0.357 e. The van der Waals surface area contributed by atoms with Crippen LogP contribution in [-0.2, 0) is 0 Å². The lowest BCUT2D eigenvalue weighted by Crippen LogP contribution is -2.41. The second-order valence-corrected chi connectivity index (χ2v) is 5.78. The average molecular weight is 277 g/mol. The minimum atomic E-state index is 0.592. The predicted octanol–water partition coefficient (Wildman–Crippen LogP) is 1.90. The number of anilines is 2. The van der Waals surface area contributed by atoms with Gasteiger partial charge in [-0.25, -0.2) is 4.98 Å². The van der Waals surface area contributed by atoms with Crippen LogP contribution in [0.25, 0.3) is 0 Å². The molecule has 0 bridgehead atoms. The van der Waals surface area contributed by atoms with E-state index in [1.165, 1.54) is 25.7 Å². The Morgan fingerprint density at radius 2 is 1.90 bits per heavy atom. The molecule has 1 aliphatic rings. The van der Waals surface area contributed by atoms with Crippen molar-refractivity contribution in [3.05, 3.63) is 12.3 Å². The first-order valence-electron chi connectivity index (χ1n) is 7.58. The van der Waals surface area contributed by atoms with Crippen molar-refractivity contribution in [1.82, 2.24) is 15.3 Å². The van der Waals surface area contributed by atoms with Gasteiger partial charge in [-0.15, -0.1) is 0 Å². The molecule has 0 radical (unpaired) electrons. The fourth-order valence-corrected chi connectivity index (χ4v) is 2.89. The van der Waals surface area contributed by atoms with Crippen LogP contribution in [0.2, 0.25) is 0 Å². The molecule has 1 N–H and O–H groups in total. The second kappa shape index (κ2) is 6.88. The SMILES string of the molecule is CCNC1CCC(N(C)c2ccnc(N(C)C)n2)CC1. The molecule has 0 aliphatic heterocycles. The summed E-state index contributed by atoms with van der Waals surface area (Å²) in [5.74, 6) is 1.80. The number of aromatic nitrogens is 2. The Balaban J connectivity index is 1.98. The van der Waals surface area contributed by atoms with Crippen molar-refractivity contribution in [3.63, 3.8) is 0 Å². The highest BCUT2D eigenvalue weighted by molar-refractivity contribution is 5.43. The van der Waals surface area contributed by atoms with Gasteiger partial charge in [-0.3, -0.25) is 0 Å². The number of hydrogen-bond donors (Lipinski definition) is 1. The summed E-state index contributed by atoms with van der Waals surface area (Å²) in [7, 11) is 6.10. The van der Waals surface area contributed by atoms with Crippen LogP contribution in [0.4, 0.5) is 11.8 Å². The molecule has 0 atom stereocenters. The molecule has 0 unspecified atom stereocenters. The number of rotatable bonds is 5. The van der Waals surface area contributed by atoms with E-state index in [1.54, 1.807) is 0 Å². The summed E-state index contributed by atoms with van der Waals surface area (Å²) in [4.78, 5) is 13.2. The van der Waals surface area contributed by atoms with E-state index in [9.17, 15) is 0 Å². The highest BCUT2D eigenvalue weighted by Gasteiger charge is 2.24. The molecule has 0 amide bonds. The minimum absolute atomic E-state index is 0.592. The maximum Gasteiger partial charge on any atom is 0.226 e. The molecule has 1 aromatic heterocycles. The molecule has 1 fully saturated rings. The van der Waals surface area contributed by atoms with E-state index in [0.29, 0.717) is 12.1 Å². The summed E-state index contributed by atoms with van der Waals surface area (Å²) < 4.78 is 0. The summed E-state index contributed by atoms with van der Waals surface area (Å²) in [5.41, 5.74) is 0. The molecule has 0 saturated heterocycles. The zero-order valence-corrected chi connectivity index (χ0v) is 13.1. The molecule has 0 spiro atoms. The van der Waals surface area contributed by atoms with E-state index in [4.69, 9.17) is 0 Å². The van der Waals surface area contributed by atoms with Crippen LogP contribution < -0.4 is 15.1 Å². The molecule has 20 heavy (non-hydrogen) atoms. The molecule has 1 saturated carbocycles. The van der Waals surface area contributed by atoms with Gasteiger partial charge in [-0.05, 0) is 38.3 Å². The van der Waals surface area contributed by atoms with E-state index >= 15 is 0 Å². The monoisotopic (exact) mass is 277 g/mol. The van der Waals surface area contributed by atoms with E-state index in [-0.39, 0.29) is 0 Å². The average Bonchev–Trinajstić information content (AvgIpc) is 2.48. The summed E-state index contributed by atoms with van der Waals surface area (Å²) in [6.45, 7) is 3.26. The van der Waals surface area contributed by atoms with Gasteiger partial charge in [0.1, 0.15) is 5.82 Å². The quantitative estimate of drug-likeness (QED) is 0.890. The van der Waals surface area contributed by atoms with Crippen molar-refractivity contribution in [2.75, 3.05) is 37.5 Å². The zero-order chi connectivity index (χ0) is 14.5. The Labute approximate surface area is 122 Å². The first-order valence-corrected chi connectivity index (χ1v) is 7.58. The van der Waals surface area contributed by atoms with Gasteiger partial charge in [0.15, 0.2) is 0 Å². The summed E-state index contributed by atoms with van der Waals surface area (Å²) in [6.07, 6.45) is 6.83. The third-order valence-electron chi connectivity index (χ3n) is 4.13. The van der Waals surface area contributed by atoms with Crippen LogP contribution in [0, 0.1) is 0 Å². The fourth-order valence-electron chi connectivity index (χ4n) is 2.89. The van der Waals surface area contributed by atoms with E-state index in [1.807, 2.05) is 31.3 Å². The van der Waals surface area contributed by atoms with Gasteiger partial charge in [0.05, 0.1) is 0 Å². The van der Waals surface area contributed by atoms with Crippen LogP contribution in [0.15, 0.2) is 12.3 Å². The van der Waals surface area contributed by atoms with Crippen molar-refractivity contribution in [3.8, 4) is 0 Å². The number of nitrogens with one attached hydrogen (secondary N) is 1. The lowest BCUT2D eigenvalue weighted by molar-refractivity contribution is 0.340. The van der Waals surface area contributed by atoms with Gasteiger partial charge in [0.2, 0.25) is 5.95 Å². The maximum absolute atomic E-state index is 4.63. The molecule has 2 rings (SSSR count). The van der Waals surface area contributed by atoms with Crippen molar-refractivity contribution < 1.29 is 0 Å². The molecule has 5 heteroatoms. The molecular weight excluding hydrogens is 250 g/mol. The largest absolute Gasteiger partial charge is 0.357 e. The van der Waals surface area contributed by atoms with Crippen LogP contribution in [0.5, 0.6) is 0 Å². The summed E-state index contributed by atoms with van der Waals surface area (Å²) in [5, 5.41) is 3.56. The molecule has 1 aliphatic carbocycles. The highest BCUT2D eigenvalue weighted by Crippen LogP contribution is 2.25. The van der Waals surface area contributed by atoms with Gasteiger partial charge in [0, 0.05) is 39.4 Å². The van der Waals surface area contributed by atoms with Gasteiger partial charge in [-0.2, -0.15) is 4.98 Å². The summed E-state index contributed by atoms with van der Waals surface area (Å²) in [6, 6.07) is 3.30. The molecular formula is C15H27N5. The third-order valence-corrected chi connectivity index (χ3v) is 4.13. The molecule has 0 aromatic carbocycles. The van der Waals surface area contributed by atoms with Gasteiger partial charge >= 0.3 is 0 Å². The van der Waals surface area contributed by atoms with Crippen LogP contribution in [0.1, 0.15) is 32.6 Å². The third kappa shape index (κ3) is 3.60. The van der Waals surface area contributed by atoms with Gasteiger partial charge in [-0.1, -0.05) is 6.92 Å². The standard InChI is InChI=1S/C15H27N5/c1-5-16-12-6-8-13(9-7-12)20(4)14-10-11-17-15(18-14)19(2)3/h10-13,16H,5-9H2,1-4H3. The summed E-state index contributed by atoms with van der Waals surface area (Å²) >= 11 is 0. The van der Waals surface area contributed by atoms with Crippen molar-refractivity contribution >= 4 is 11.8 Å². The van der Waals surface area contributed by atoms with E-state index in [0.717, 1.165) is 18.3 Å².